The van der Waals surface area contributed by atoms with E-state index in [1.165, 1.54) is 0 Å². The molecule has 0 aromatic rings. The van der Waals surface area contributed by atoms with Gasteiger partial charge in [-0.2, -0.15) is 26.3 Å². The maximum Gasteiger partial charge on any atom is 0.410 e. The maximum absolute atomic E-state index is 13.1. The minimum absolute atomic E-state index is 0.181. The number of carbonyl (C=O) groups is 1. The number of unbranched alkanes of at least 4 members (excludes halogenated alkanes) is 3. The molecule has 0 amide bonds. The molecule has 0 rings (SSSR count). The van der Waals surface area contributed by atoms with Gasteiger partial charge < -0.3 is 5.11 Å². The third-order valence-corrected chi connectivity index (χ3v) is 2.79. The van der Waals surface area contributed by atoms with Crippen molar-refractivity contribution in [3.05, 3.63) is 0 Å². The molecule has 9 heteroatoms. The maximum atomic E-state index is 13.1. The Morgan fingerprint density at radius 3 is 1.95 bits per heavy atom. The fourth-order valence-corrected chi connectivity index (χ4v) is 1.47. The molecule has 0 saturated carbocycles. The van der Waals surface area contributed by atoms with Gasteiger partial charge in [-0.15, -0.1) is 0 Å². The van der Waals surface area contributed by atoms with Gasteiger partial charge in [0, 0.05) is 0 Å². The molecular weight excluding hydrogens is 297 g/mol. The standard InChI is InChI=1S/C11H15F7O2/c1-2-3-4-5-6-7(12)9(13,14)11(17,18)10(15,16)8(19)20/h7H,2-6H2,1H3,(H,19,20). The fraction of sp³-hybridized carbons (Fsp3) is 0.909. The Morgan fingerprint density at radius 1 is 1.05 bits per heavy atom. The third-order valence-electron chi connectivity index (χ3n) is 2.79. The largest absolute Gasteiger partial charge is 0.477 e. The minimum Gasteiger partial charge on any atom is -0.477 e. The highest BCUT2D eigenvalue weighted by Crippen LogP contribution is 2.49. The van der Waals surface area contributed by atoms with E-state index in [1.807, 2.05) is 0 Å². The monoisotopic (exact) mass is 312 g/mol. The van der Waals surface area contributed by atoms with E-state index in [4.69, 9.17) is 5.11 Å². The van der Waals surface area contributed by atoms with E-state index in [1.54, 1.807) is 6.92 Å². The number of aliphatic carboxylic acids is 1. The quantitative estimate of drug-likeness (QED) is 0.509. The highest BCUT2D eigenvalue weighted by molar-refractivity contribution is 5.77. The summed E-state index contributed by atoms with van der Waals surface area (Å²) in [6, 6.07) is 0. The van der Waals surface area contributed by atoms with Crippen LogP contribution in [0.4, 0.5) is 30.7 Å². The van der Waals surface area contributed by atoms with Crippen LogP contribution >= 0.6 is 0 Å². The first-order valence-corrected chi connectivity index (χ1v) is 5.93. The Kier molecular flexibility index (Phi) is 6.28. The Balaban J connectivity index is 4.95. The Bertz CT molecular complexity index is 331. The summed E-state index contributed by atoms with van der Waals surface area (Å²) >= 11 is 0. The Morgan fingerprint density at radius 2 is 1.55 bits per heavy atom. The summed E-state index contributed by atoms with van der Waals surface area (Å²) in [5.74, 6) is -21.6. The molecule has 0 radical (unpaired) electrons. The van der Waals surface area contributed by atoms with Crippen molar-refractivity contribution in [3.63, 3.8) is 0 Å². The highest BCUT2D eigenvalue weighted by Gasteiger charge is 2.77. The van der Waals surface area contributed by atoms with Gasteiger partial charge in [-0.25, -0.2) is 9.18 Å². The molecule has 0 heterocycles. The first-order valence-electron chi connectivity index (χ1n) is 5.93. The number of hydrogen-bond acceptors (Lipinski definition) is 1. The fourth-order valence-electron chi connectivity index (χ4n) is 1.47. The SMILES string of the molecule is CCCCCCC(F)C(F)(F)C(F)(F)C(F)(F)C(=O)O. The van der Waals surface area contributed by atoms with Crippen LogP contribution in [0.5, 0.6) is 0 Å². The van der Waals surface area contributed by atoms with Crippen LogP contribution in [-0.2, 0) is 4.79 Å². The Labute approximate surface area is 111 Å². The van der Waals surface area contributed by atoms with Crippen molar-refractivity contribution < 1.29 is 40.6 Å². The molecule has 0 aliphatic rings. The molecule has 1 N–H and O–H groups in total. The van der Waals surface area contributed by atoms with Gasteiger partial charge in [0.25, 0.3) is 0 Å². The van der Waals surface area contributed by atoms with Crippen LogP contribution in [0.25, 0.3) is 0 Å². The van der Waals surface area contributed by atoms with E-state index >= 15 is 0 Å². The second-order valence-electron chi connectivity index (χ2n) is 4.39. The van der Waals surface area contributed by atoms with Crippen LogP contribution in [-0.4, -0.2) is 35.0 Å². The Hall–Kier alpha value is -1.02. The predicted molar refractivity (Wildman–Crippen MR) is 56.1 cm³/mol. The van der Waals surface area contributed by atoms with Crippen molar-refractivity contribution in [1.29, 1.82) is 0 Å². The zero-order valence-electron chi connectivity index (χ0n) is 10.6. The molecule has 0 spiro atoms. The van der Waals surface area contributed by atoms with Crippen molar-refractivity contribution in [2.24, 2.45) is 0 Å². The average Bonchev–Trinajstić information content (AvgIpc) is 2.33. The smallest absolute Gasteiger partial charge is 0.410 e. The van der Waals surface area contributed by atoms with E-state index < -0.39 is 36.3 Å². The van der Waals surface area contributed by atoms with Crippen molar-refractivity contribution in [2.75, 3.05) is 0 Å². The van der Waals surface area contributed by atoms with E-state index in [-0.39, 0.29) is 12.8 Å². The molecule has 0 fully saturated rings. The van der Waals surface area contributed by atoms with E-state index in [0.29, 0.717) is 12.8 Å². The molecule has 2 nitrogen and oxygen atoms in total. The number of rotatable bonds is 9. The first kappa shape index (κ1) is 19.0. The highest BCUT2D eigenvalue weighted by atomic mass is 19.3. The number of hydrogen-bond donors (Lipinski definition) is 1. The molecule has 0 aromatic carbocycles. The molecule has 0 aromatic heterocycles. The average molecular weight is 312 g/mol. The van der Waals surface area contributed by atoms with Gasteiger partial charge in [-0.05, 0) is 6.42 Å². The summed E-state index contributed by atoms with van der Waals surface area (Å²) in [5.41, 5.74) is 0. The molecule has 0 aliphatic heterocycles. The summed E-state index contributed by atoms with van der Waals surface area (Å²) in [6.07, 6.45) is -3.24. The molecule has 0 saturated heterocycles. The van der Waals surface area contributed by atoms with Gasteiger partial charge in [-0.1, -0.05) is 32.6 Å². The van der Waals surface area contributed by atoms with Gasteiger partial charge in [0.1, 0.15) is 0 Å². The van der Waals surface area contributed by atoms with E-state index in [0.717, 1.165) is 0 Å². The lowest BCUT2D eigenvalue weighted by atomic mass is 9.96. The zero-order chi connectivity index (χ0) is 16.2. The van der Waals surface area contributed by atoms with Crippen LogP contribution < -0.4 is 0 Å². The molecule has 1 atom stereocenters. The summed E-state index contributed by atoms with van der Waals surface area (Å²) in [7, 11) is 0. The van der Waals surface area contributed by atoms with Gasteiger partial charge in [-0.3, -0.25) is 0 Å². The minimum atomic E-state index is -6.31. The van der Waals surface area contributed by atoms with Crippen LogP contribution in [0.1, 0.15) is 39.0 Å². The van der Waals surface area contributed by atoms with E-state index in [9.17, 15) is 35.5 Å². The molecular formula is C11H15F7O2. The molecule has 0 bridgehead atoms. The molecule has 20 heavy (non-hydrogen) atoms. The van der Waals surface area contributed by atoms with Crippen molar-refractivity contribution in [2.45, 2.75) is 63.0 Å². The molecule has 120 valence electrons. The second kappa shape index (κ2) is 6.62. The molecule has 0 aliphatic carbocycles. The summed E-state index contributed by atoms with van der Waals surface area (Å²) < 4.78 is 90.4. The number of alkyl halides is 7. The van der Waals surface area contributed by atoms with Crippen LogP contribution in [0, 0.1) is 0 Å². The predicted octanol–water partition coefficient (Wildman–Crippen LogP) is 4.29. The van der Waals surface area contributed by atoms with Gasteiger partial charge >= 0.3 is 23.7 Å². The number of halogens is 7. The number of carboxylic acids is 1. The summed E-state index contributed by atoms with van der Waals surface area (Å²) in [4.78, 5) is 9.95. The van der Waals surface area contributed by atoms with Gasteiger partial charge in [0.15, 0.2) is 6.17 Å². The van der Waals surface area contributed by atoms with Crippen molar-refractivity contribution in [1.82, 2.24) is 0 Å². The topological polar surface area (TPSA) is 37.3 Å². The van der Waals surface area contributed by atoms with Crippen molar-refractivity contribution >= 4 is 5.97 Å². The lowest BCUT2D eigenvalue weighted by Gasteiger charge is -2.32. The van der Waals surface area contributed by atoms with Crippen LogP contribution in [0.3, 0.4) is 0 Å². The zero-order valence-corrected chi connectivity index (χ0v) is 10.6. The van der Waals surface area contributed by atoms with Crippen LogP contribution in [0.15, 0.2) is 0 Å². The van der Waals surface area contributed by atoms with E-state index in [2.05, 4.69) is 0 Å². The third kappa shape index (κ3) is 3.54. The van der Waals surface area contributed by atoms with Gasteiger partial charge in [0.2, 0.25) is 0 Å². The normalized spacial score (nSPS) is 15.2. The first-order chi connectivity index (χ1) is 8.92. The van der Waals surface area contributed by atoms with Gasteiger partial charge in [0.05, 0.1) is 0 Å². The summed E-state index contributed by atoms with van der Waals surface area (Å²) in [5, 5.41) is 7.88. The van der Waals surface area contributed by atoms with Crippen LogP contribution in [0.2, 0.25) is 0 Å². The summed E-state index contributed by atoms with van der Waals surface area (Å²) in [6.45, 7) is 1.77. The number of carboxylic acid groups (broad SMARTS) is 1. The lowest BCUT2D eigenvalue weighted by molar-refractivity contribution is -0.318. The molecule has 1 unspecified atom stereocenters. The second-order valence-corrected chi connectivity index (χ2v) is 4.39. The van der Waals surface area contributed by atoms with Crippen molar-refractivity contribution in [3.8, 4) is 0 Å². The lowest BCUT2D eigenvalue weighted by Crippen LogP contribution is -2.61.